The van der Waals surface area contributed by atoms with Crippen molar-refractivity contribution in [3.63, 3.8) is 0 Å². The SMILES string of the molecule is Cc1noc(C)c1S(=O)(=O)N[C@@H](C)C(=O)NCC(C)N1CCOCC1. The maximum atomic E-state index is 12.4. The fourth-order valence-electron chi connectivity index (χ4n) is 2.75. The van der Waals surface area contributed by atoms with Gasteiger partial charge in [-0.3, -0.25) is 9.69 Å². The van der Waals surface area contributed by atoms with E-state index in [1.54, 1.807) is 6.92 Å². The molecule has 0 aliphatic carbocycles. The van der Waals surface area contributed by atoms with E-state index >= 15 is 0 Å². The highest BCUT2D eigenvalue weighted by Crippen LogP contribution is 2.18. The van der Waals surface area contributed by atoms with Crippen LogP contribution < -0.4 is 10.0 Å². The molecule has 2 N–H and O–H groups in total. The van der Waals surface area contributed by atoms with Crippen LogP contribution >= 0.6 is 0 Å². The summed E-state index contributed by atoms with van der Waals surface area (Å²) in [6, 6.07) is -0.755. The molecule has 1 aromatic rings. The van der Waals surface area contributed by atoms with Gasteiger partial charge in [0.2, 0.25) is 15.9 Å². The molecule has 1 saturated heterocycles. The minimum Gasteiger partial charge on any atom is -0.379 e. The summed E-state index contributed by atoms with van der Waals surface area (Å²) < 4.78 is 37.4. The first kappa shape index (κ1) is 19.8. The summed E-state index contributed by atoms with van der Waals surface area (Å²) in [5, 5.41) is 6.42. The van der Waals surface area contributed by atoms with Crippen molar-refractivity contribution in [2.75, 3.05) is 32.8 Å². The topological polar surface area (TPSA) is 114 Å². The van der Waals surface area contributed by atoms with Crippen LogP contribution in [-0.4, -0.2) is 69.3 Å². The Labute approximate surface area is 148 Å². The molecule has 2 rings (SSSR count). The highest BCUT2D eigenvalue weighted by molar-refractivity contribution is 7.89. The zero-order chi connectivity index (χ0) is 18.6. The van der Waals surface area contributed by atoms with Gasteiger partial charge in [0, 0.05) is 25.7 Å². The molecule has 2 heterocycles. The van der Waals surface area contributed by atoms with E-state index in [2.05, 4.69) is 20.1 Å². The summed E-state index contributed by atoms with van der Waals surface area (Å²) in [7, 11) is -3.88. The average Bonchev–Trinajstić information content (AvgIpc) is 2.92. The molecule has 0 saturated carbocycles. The van der Waals surface area contributed by atoms with Crippen LogP contribution in [0.3, 0.4) is 0 Å². The fourth-order valence-corrected chi connectivity index (χ4v) is 4.28. The van der Waals surface area contributed by atoms with Crippen LogP contribution in [0.2, 0.25) is 0 Å². The minimum atomic E-state index is -3.88. The first-order chi connectivity index (χ1) is 11.7. The number of carbonyl (C=O) groups excluding carboxylic acids is 1. The number of aryl methyl sites for hydroxylation is 2. The highest BCUT2D eigenvalue weighted by atomic mass is 32.2. The molecular formula is C15H26N4O5S. The normalized spacial score (nSPS) is 18.7. The summed E-state index contributed by atoms with van der Waals surface area (Å²) in [5.41, 5.74) is 0.263. The lowest BCUT2D eigenvalue weighted by Crippen LogP contribution is -2.50. The first-order valence-corrected chi connectivity index (χ1v) is 9.75. The molecule has 1 aromatic heterocycles. The third-order valence-electron chi connectivity index (χ3n) is 4.20. The second kappa shape index (κ2) is 8.26. The van der Waals surface area contributed by atoms with E-state index in [0.29, 0.717) is 19.8 Å². The fraction of sp³-hybridized carbons (Fsp3) is 0.733. The second-order valence-electron chi connectivity index (χ2n) is 6.24. The quantitative estimate of drug-likeness (QED) is 0.679. The Bertz CT molecular complexity index is 677. The van der Waals surface area contributed by atoms with Crippen molar-refractivity contribution in [2.24, 2.45) is 0 Å². The molecule has 1 aliphatic rings. The standard InChI is InChI=1S/C15H26N4O5S/c1-10(19-5-7-23-8-6-19)9-16-15(20)12(3)18-25(21,22)14-11(2)17-24-13(14)4/h10,12,18H,5-9H2,1-4H3,(H,16,20)/t10?,12-/m0/s1. The number of morpholine rings is 1. The zero-order valence-electron chi connectivity index (χ0n) is 15.0. The largest absolute Gasteiger partial charge is 0.379 e. The predicted molar refractivity (Wildman–Crippen MR) is 90.6 cm³/mol. The molecule has 10 heteroatoms. The molecule has 0 aromatic carbocycles. The molecule has 9 nitrogen and oxygen atoms in total. The lowest BCUT2D eigenvalue weighted by molar-refractivity contribution is -0.122. The zero-order valence-corrected chi connectivity index (χ0v) is 15.9. The smallest absolute Gasteiger partial charge is 0.246 e. The van der Waals surface area contributed by atoms with Crippen LogP contribution in [0.1, 0.15) is 25.3 Å². The Balaban J connectivity index is 1.89. The van der Waals surface area contributed by atoms with Crippen molar-refractivity contribution in [3.05, 3.63) is 11.5 Å². The Kier molecular flexibility index (Phi) is 6.55. The van der Waals surface area contributed by atoms with E-state index < -0.39 is 16.1 Å². The first-order valence-electron chi connectivity index (χ1n) is 8.27. The monoisotopic (exact) mass is 374 g/mol. The highest BCUT2D eigenvalue weighted by Gasteiger charge is 2.28. The average molecular weight is 374 g/mol. The molecule has 0 spiro atoms. The summed E-state index contributed by atoms with van der Waals surface area (Å²) in [4.78, 5) is 14.4. The van der Waals surface area contributed by atoms with Crippen molar-refractivity contribution in [3.8, 4) is 0 Å². The number of sulfonamides is 1. The van der Waals surface area contributed by atoms with Gasteiger partial charge in [0.15, 0.2) is 5.76 Å². The molecule has 2 atom stereocenters. The van der Waals surface area contributed by atoms with E-state index in [0.717, 1.165) is 13.1 Å². The van der Waals surface area contributed by atoms with Gasteiger partial charge in [-0.2, -0.15) is 4.72 Å². The number of aromatic nitrogens is 1. The number of carbonyl (C=O) groups is 1. The number of rotatable bonds is 7. The Morgan fingerprint density at radius 3 is 2.48 bits per heavy atom. The van der Waals surface area contributed by atoms with Crippen molar-refractivity contribution >= 4 is 15.9 Å². The molecule has 0 radical (unpaired) electrons. The van der Waals surface area contributed by atoms with Crippen LogP contribution in [0.25, 0.3) is 0 Å². The van der Waals surface area contributed by atoms with E-state index in [1.165, 1.54) is 13.8 Å². The van der Waals surface area contributed by atoms with Gasteiger partial charge in [0.25, 0.3) is 0 Å². The van der Waals surface area contributed by atoms with Crippen LogP contribution in [-0.2, 0) is 19.6 Å². The summed E-state index contributed by atoms with van der Waals surface area (Å²) in [6.45, 7) is 10.0. The third kappa shape index (κ3) is 5.00. The number of amides is 1. The number of nitrogens with one attached hydrogen (secondary N) is 2. The molecule has 1 unspecified atom stereocenters. The molecule has 1 fully saturated rings. The van der Waals surface area contributed by atoms with Crippen LogP contribution in [0, 0.1) is 13.8 Å². The molecular weight excluding hydrogens is 348 g/mol. The van der Waals surface area contributed by atoms with Crippen molar-refractivity contribution < 1.29 is 22.5 Å². The molecule has 25 heavy (non-hydrogen) atoms. The van der Waals surface area contributed by atoms with Crippen LogP contribution in [0.15, 0.2) is 9.42 Å². The van der Waals surface area contributed by atoms with Gasteiger partial charge in [-0.05, 0) is 27.7 Å². The van der Waals surface area contributed by atoms with Crippen LogP contribution in [0.5, 0.6) is 0 Å². The number of hydrogen-bond acceptors (Lipinski definition) is 7. The summed E-state index contributed by atoms with van der Waals surface area (Å²) in [5.74, 6) is -0.186. The van der Waals surface area contributed by atoms with Crippen molar-refractivity contribution in [2.45, 2.75) is 44.7 Å². The molecule has 142 valence electrons. The number of ether oxygens (including phenoxy) is 1. The number of nitrogens with zero attached hydrogens (tertiary/aromatic N) is 2. The van der Waals surface area contributed by atoms with Gasteiger partial charge in [-0.1, -0.05) is 5.16 Å². The Morgan fingerprint density at radius 2 is 1.92 bits per heavy atom. The van der Waals surface area contributed by atoms with Crippen molar-refractivity contribution in [1.29, 1.82) is 0 Å². The maximum absolute atomic E-state index is 12.4. The predicted octanol–water partition coefficient (Wildman–Crippen LogP) is -0.205. The molecule has 1 amide bonds. The lowest BCUT2D eigenvalue weighted by atomic mass is 10.2. The van der Waals surface area contributed by atoms with Crippen LogP contribution in [0.4, 0.5) is 0 Å². The van der Waals surface area contributed by atoms with Gasteiger partial charge in [0.05, 0.1) is 19.3 Å². The maximum Gasteiger partial charge on any atom is 0.246 e. The van der Waals surface area contributed by atoms with Gasteiger partial charge >= 0.3 is 0 Å². The van der Waals surface area contributed by atoms with E-state index in [9.17, 15) is 13.2 Å². The molecule has 0 bridgehead atoms. The minimum absolute atomic E-state index is 0.0196. The van der Waals surface area contributed by atoms with Gasteiger partial charge in [0.1, 0.15) is 10.6 Å². The van der Waals surface area contributed by atoms with Gasteiger partial charge < -0.3 is 14.6 Å². The second-order valence-corrected chi connectivity index (χ2v) is 7.89. The van der Waals surface area contributed by atoms with Gasteiger partial charge in [-0.25, -0.2) is 8.42 Å². The summed E-state index contributed by atoms with van der Waals surface area (Å²) >= 11 is 0. The summed E-state index contributed by atoms with van der Waals surface area (Å²) in [6.07, 6.45) is 0. The lowest BCUT2D eigenvalue weighted by Gasteiger charge is -2.32. The van der Waals surface area contributed by atoms with E-state index in [4.69, 9.17) is 9.26 Å². The van der Waals surface area contributed by atoms with E-state index in [-0.39, 0.29) is 28.3 Å². The molecule has 1 aliphatic heterocycles. The Morgan fingerprint density at radius 1 is 1.28 bits per heavy atom. The van der Waals surface area contributed by atoms with Gasteiger partial charge in [-0.15, -0.1) is 0 Å². The third-order valence-corrected chi connectivity index (χ3v) is 5.99. The van der Waals surface area contributed by atoms with Crippen molar-refractivity contribution in [1.82, 2.24) is 20.1 Å². The van der Waals surface area contributed by atoms with E-state index in [1.807, 2.05) is 6.92 Å². The number of hydrogen-bond donors (Lipinski definition) is 2. The Hall–Kier alpha value is -1.49.